The molecule has 39 heavy (non-hydrogen) atoms. The SMILES string of the molecule is CO[C@@H]1CN(C)C(=O)c2cc(NC(=O)C3CCOCC3)ccc2OC[C@@H](C)N(Cc2ccc(F)cc2)C[C@H]1C. The molecule has 1 fully saturated rings. The van der Waals surface area contributed by atoms with Gasteiger partial charge in [-0.3, -0.25) is 14.5 Å². The maximum atomic E-state index is 13.6. The predicted octanol–water partition coefficient (Wildman–Crippen LogP) is 4.20. The van der Waals surface area contributed by atoms with Crippen LogP contribution in [0.2, 0.25) is 0 Å². The number of halogens is 1. The van der Waals surface area contributed by atoms with Crippen LogP contribution in [0.1, 0.15) is 42.6 Å². The van der Waals surface area contributed by atoms with Gasteiger partial charge in [-0.05, 0) is 61.6 Å². The van der Waals surface area contributed by atoms with E-state index in [-0.39, 0.29) is 41.6 Å². The Hall–Kier alpha value is -3.01. The maximum Gasteiger partial charge on any atom is 0.257 e. The van der Waals surface area contributed by atoms with Gasteiger partial charge in [0.1, 0.15) is 18.2 Å². The average molecular weight is 542 g/mol. The van der Waals surface area contributed by atoms with Crippen molar-refractivity contribution in [1.82, 2.24) is 9.80 Å². The monoisotopic (exact) mass is 541 g/mol. The number of nitrogens with one attached hydrogen (secondary N) is 1. The Balaban J connectivity index is 1.59. The number of benzene rings is 2. The summed E-state index contributed by atoms with van der Waals surface area (Å²) in [6.45, 7) is 7.44. The molecular formula is C30H40FN3O5. The van der Waals surface area contributed by atoms with Gasteiger partial charge in [0.2, 0.25) is 5.91 Å². The molecule has 0 bridgehead atoms. The second-order valence-corrected chi connectivity index (χ2v) is 10.7. The number of amides is 2. The number of ether oxygens (including phenoxy) is 3. The molecule has 2 aliphatic rings. The third-order valence-electron chi connectivity index (χ3n) is 7.73. The van der Waals surface area contributed by atoms with E-state index in [9.17, 15) is 14.0 Å². The van der Waals surface area contributed by atoms with Crippen molar-refractivity contribution in [2.75, 3.05) is 52.4 Å². The summed E-state index contributed by atoms with van der Waals surface area (Å²) in [6.07, 6.45) is 1.18. The van der Waals surface area contributed by atoms with Crippen molar-refractivity contribution >= 4 is 17.5 Å². The zero-order valence-corrected chi connectivity index (χ0v) is 23.3. The summed E-state index contributed by atoms with van der Waals surface area (Å²) in [5.74, 6) is -0.0518. The van der Waals surface area contributed by atoms with Crippen molar-refractivity contribution in [1.29, 1.82) is 0 Å². The number of hydrogen-bond donors (Lipinski definition) is 1. The number of hydrogen-bond acceptors (Lipinski definition) is 6. The fourth-order valence-electron chi connectivity index (χ4n) is 5.18. The first-order valence-electron chi connectivity index (χ1n) is 13.7. The predicted molar refractivity (Wildman–Crippen MR) is 147 cm³/mol. The minimum atomic E-state index is -0.260. The normalized spacial score (nSPS) is 23.8. The lowest BCUT2D eigenvalue weighted by Crippen LogP contribution is -2.46. The zero-order chi connectivity index (χ0) is 27.9. The molecule has 9 heteroatoms. The number of carbonyl (C=O) groups is 2. The molecule has 0 aromatic heterocycles. The number of rotatable bonds is 5. The number of methoxy groups -OCH3 is 1. The molecule has 0 spiro atoms. The standard InChI is InChI=1S/C30H40FN3O5/c1-20-16-34(17-22-5-7-24(31)8-6-22)21(2)19-39-27-10-9-25(32-29(35)23-11-13-38-14-12-23)15-26(27)30(36)33(3)18-28(20)37-4/h5-10,15,20-21,23,28H,11-14,16-19H2,1-4H3,(H,32,35)/t20-,21-,28-/m1/s1. The Labute approximate surface area is 230 Å². The first-order valence-corrected chi connectivity index (χ1v) is 13.7. The van der Waals surface area contributed by atoms with E-state index in [1.54, 1.807) is 49.4 Å². The highest BCUT2D eigenvalue weighted by Crippen LogP contribution is 2.28. The molecule has 0 saturated carbocycles. The fourth-order valence-corrected chi connectivity index (χ4v) is 5.18. The Morgan fingerprint density at radius 3 is 2.51 bits per heavy atom. The molecule has 1 N–H and O–H groups in total. The van der Waals surface area contributed by atoms with Gasteiger partial charge in [0.25, 0.3) is 5.91 Å². The molecule has 2 amide bonds. The van der Waals surface area contributed by atoms with Crippen molar-refractivity contribution in [3.8, 4) is 5.75 Å². The van der Waals surface area contributed by atoms with Crippen molar-refractivity contribution < 1.29 is 28.2 Å². The topological polar surface area (TPSA) is 80.3 Å². The molecule has 2 heterocycles. The second-order valence-electron chi connectivity index (χ2n) is 10.7. The van der Waals surface area contributed by atoms with E-state index >= 15 is 0 Å². The van der Waals surface area contributed by atoms with Crippen LogP contribution >= 0.6 is 0 Å². The van der Waals surface area contributed by atoms with Gasteiger partial charge in [-0.1, -0.05) is 19.1 Å². The van der Waals surface area contributed by atoms with Gasteiger partial charge in [0.15, 0.2) is 0 Å². The molecule has 2 aromatic rings. The van der Waals surface area contributed by atoms with Crippen molar-refractivity contribution in [2.24, 2.45) is 11.8 Å². The van der Waals surface area contributed by atoms with Crippen LogP contribution in [0.3, 0.4) is 0 Å². The molecule has 4 rings (SSSR count). The summed E-state index contributed by atoms with van der Waals surface area (Å²) < 4.78 is 30.9. The minimum Gasteiger partial charge on any atom is -0.491 e. The lowest BCUT2D eigenvalue weighted by molar-refractivity contribution is -0.122. The molecule has 1 saturated heterocycles. The van der Waals surface area contributed by atoms with E-state index in [0.717, 1.165) is 5.56 Å². The van der Waals surface area contributed by atoms with E-state index in [1.807, 2.05) is 0 Å². The Morgan fingerprint density at radius 2 is 1.82 bits per heavy atom. The second kappa shape index (κ2) is 13.4. The molecule has 0 unspecified atom stereocenters. The van der Waals surface area contributed by atoms with E-state index in [2.05, 4.69) is 24.1 Å². The highest BCUT2D eigenvalue weighted by molar-refractivity contribution is 5.99. The number of fused-ring (bicyclic) bond motifs is 1. The summed E-state index contributed by atoms with van der Waals surface area (Å²) in [4.78, 5) is 30.4. The highest BCUT2D eigenvalue weighted by Gasteiger charge is 2.29. The zero-order valence-electron chi connectivity index (χ0n) is 23.3. The Bertz CT molecular complexity index is 1120. The third kappa shape index (κ3) is 7.56. The molecule has 3 atom stereocenters. The maximum absolute atomic E-state index is 13.6. The summed E-state index contributed by atoms with van der Waals surface area (Å²) >= 11 is 0. The van der Waals surface area contributed by atoms with Gasteiger partial charge >= 0.3 is 0 Å². The van der Waals surface area contributed by atoms with Crippen LogP contribution in [0.25, 0.3) is 0 Å². The number of nitrogens with zero attached hydrogens (tertiary/aromatic N) is 2. The van der Waals surface area contributed by atoms with E-state index < -0.39 is 0 Å². The Morgan fingerprint density at radius 1 is 1.10 bits per heavy atom. The smallest absolute Gasteiger partial charge is 0.257 e. The molecule has 8 nitrogen and oxygen atoms in total. The molecule has 2 aliphatic heterocycles. The summed E-state index contributed by atoms with van der Waals surface area (Å²) in [7, 11) is 3.42. The molecule has 0 aliphatic carbocycles. The van der Waals surface area contributed by atoms with Gasteiger partial charge in [0, 0.05) is 64.7 Å². The van der Waals surface area contributed by atoms with Crippen LogP contribution in [0.4, 0.5) is 10.1 Å². The van der Waals surface area contributed by atoms with E-state index in [1.165, 1.54) is 12.1 Å². The Kier molecular flexibility index (Phi) is 9.94. The number of carbonyl (C=O) groups excluding carboxylic acids is 2. The largest absolute Gasteiger partial charge is 0.491 e. The highest BCUT2D eigenvalue weighted by atomic mass is 19.1. The van der Waals surface area contributed by atoms with Crippen LogP contribution < -0.4 is 10.1 Å². The van der Waals surface area contributed by atoms with Crippen LogP contribution in [-0.2, 0) is 20.8 Å². The average Bonchev–Trinajstić information content (AvgIpc) is 2.95. The van der Waals surface area contributed by atoms with Gasteiger partial charge < -0.3 is 24.4 Å². The van der Waals surface area contributed by atoms with Crippen molar-refractivity contribution in [3.63, 3.8) is 0 Å². The van der Waals surface area contributed by atoms with E-state index in [0.29, 0.717) is 69.3 Å². The first kappa shape index (κ1) is 29.0. The van der Waals surface area contributed by atoms with Crippen molar-refractivity contribution in [2.45, 2.75) is 45.4 Å². The van der Waals surface area contributed by atoms with Crippen molar-refractivity contribution in [3.05, 3.63) is 59.4 Å². The quantitative estimate of drug-likeness (QED) is 0.612. The van der Waals surface area contributed by atoms with Crippen LogP contribution in [-0.4, -0.2) is 80.8 Å². The molecule has 2 aromatic carbocycles. The summed E-state index contributed by atoms with van der Waals surface area (Å²) in [5.41, 5.74) is 1.96. The number of likely N-dealkylation sites (N-methyl/N-ethyl adjacent to an activating group) is 1. The number of anilines is 1. The van der Waals surface area contributed by atoms with Crippen LogP contribution in [0.5, 0.6) is 5.75 Å². The minimum absolute atomic E-state index is 0.00279. The molecular weight excluding hydrogens is 501 g/mol. The van der Waals surface area contributed by atoms with Crippen LogP contribution in [0, 0.1) is 17.7 Å². The molecule has 0 radical (unpaired) electrons. The lowest BCUT2D eigenvalue weighted by Gasteiger charge is -2.36. The first-order chi connectivity index (χ1) is 18.7. The van der Waals surface area contributed by atoms with Gasteiger partial charge in [-0.2, -0.15) is 0 Å². The van der Waals surface area contributed by atoms with Gasteiger partial charge in [0.05, 0.1) is 11.7 Å². The third-order valence-corrected chi connectivity index (χ3v) is 7.73. The van der Waals surface area contributed by atoms with Gasteiger partial charge in [-0.15, -0.1) is 0 Å². The van der Waals surface area contributed by atoms with Crippen LogP contribution in [0.15, 0.2) is 42.5 Å². The molecule has 212 valence electrons. The van der Waals surface area contributed by atoms with Gasteiger partial charge in [-0.25, -0.2) is 4.39 Å². The summed E-state index contributed by atoms with van der Waals surface area (Å²) in [6, 6.07) is 11.8. The fraction of sp³-hybridized carbons (Fsp3) is 0.533. The lowest BCUT2D eigenvalue weighted by atomic mass is 9.99. The summed E-state index contributed by atoms with van der Waals surface area (Å²) in [5, 5.41) is 2.98. The van der Waals surface area contributed by atoms with E-state index in [4.69, 9.17) is 14.2 Å².